The topological polar surface area (TPSA) is 33.2 Å². The number of aromatic nitrogens is 1. The summed E-state index contributed by atoms with van der Waals surface area (Å²) in [4.78, 5) is 17.9. The highest BCUT2D eigenvalue weighted by Crippen LogP contribution is 2.23. The lowest BCUT2D eigenvalue weighted by Gasteiger charge is -2.25. The highest BCUT2D eigenvalue weighted by molar-refractivity contribution is 6.33. The molecule has 110 valence electrons. The number of benzene rings is 1. The molecule has 3 nitrogen and oxygen atoms in total. The average Bonchev–Trinajstić information content (AvgIpc) is 2.44. The molecule has 0 radical (unpaired) electrons. The summed E-state index contributed by atoms with van der Waals surface area (Å²) in [5.41, 5.74) is 1.39. The summed E-state index contributed by atoms with van der Waals surface area (Å²) in [6.07, 6.45) is 0. The minimum absolute atomic E-state index is 0.111. The summed E-state index contributed by atoms with van der Waals surface area (Å²) in [5.74, 6) is -0.177. The zero-order valence-corrected chi connectivity index (χ0v) is 13.7. The second-order valence-corrected chi connectivity index (χ2v) is 5.86. The van der Waals surface area contributed by atoms with Gasteiger partial charge in [-0.2, -0.15) is 0 Å². The molecule has 0 aliphatic heterocycles. The Hall–Kier alpha value is -1.29. The van der Waals surface area contributed by atoms with Crippen molar-refractivity contribution in [2.45, 2.75) is 13.0 Å². The molecule has 0 N–H and O–H groups in total. The minimum atomic E-state index is -0.177. The molecule has 1 unspecified atom stereocenters. The van der Waals surface area contributed by atoms with E-state index < -0.39 is 0 Å². The van der Waals surface area contributed by atoms with Crippen LogP contribution in [0, 0.1) is 0 Å². The lowest BCUT2D eigenvalue weighted by Crippen LogP contribution is -2.29. The molecule has 2 rings (SSSR count). The van der Waals surface area contributed by atoms with Crippen LogP contribution in [0.4, 0.5) is 0 Å². The van der Waals surface area contributed by atoms with Crippen molar-refractivity contribution in [2.75, 3.05) is 7.05 Å². The number of hydrogen-bond donors (Lipinski definition) is 0. The molecule has 21 heavy (non-hydrogen) atoms. The van der Waals surface area contributed by atoms with Gasteiger partial charge in [0.05, 0.1) is 6.04 Å². The summed E-state index contributed by atoms with van der Waals surface area (Å²) >= 11 is 17.5. The number of pyridine rings is 1. The van der Waals surface area contributed by atoms with E-state index in [0.29, 0.717) is 10.6 Å². The van der Waals surface area contributed by atoms with E-state index in [0.717, 1.165) is 5.56 Å². The van der Waals surface area contributed by atoms with Crippen LogP contribution in [0.15, 0.2) is 36.4 Å². The molecule has 2 aromatic rings. The van der Waals surface area contributed by atoms with Crippen LogP contribution in [0.5, 0.6) is 0 Å². The van der Waals surface area contributed by atoms with Crippen LogP contribution >= 0.6 is 34.8 Å². The summed E-state index contributed by atoms with van der Waals surface area (Å²) in [5, 5.41) is 1.05. The standard InChI is InChI=1S/C15H13Cl3N2O/c1-9(10-3-5-12(16)6-4-10)20(2)15(21)11-7-13(17)19-14(18)8-11/h3-9H,1-2H3. The van der Waals surface area contributed by atoms with E-state index in [9.17, 15) is 4.79 Å². The molecule has 0 spiro atoms. The molecule has 0 fully saturated rings. The maximum Gasteiger partial charge on any atom is 0.254 e. The van der Waals surface area contributed by atoms with Gasteiger partial charge in [-0.25, -0.2) is 4.98 Å². The molecule has 0 bridgehead atoms. The van der Waals surface area contributed by atoms with Crippen molar-refractivity contribution in [1.82, 2.24) is 9.88 Å². The van der Waals surface area contributed by atoms with Crippen LogP contribution in [0.1, 0.15) is 28.9 Å². The average molecular weight is 344 g/mol. The highest BCUT2D eigenvalue weighted by atomic mass is 35.5. The van der Waals surface area contributed by atoms with E-state index in [1.165, 1.54) is 12.1 Å². The second kappa shape index (κ2) is 6.65. The molecule has 6 heteroatoms. The predicted octanol–water partition coefficient (Wildman–Crippen LogP) is 4.88. The van der Waals surface area contributed by atoms with E-state index in [4.69, 9.17) is 34.8 Å². The van der Waals surface area contributed by atoms with E-state index >= 15 is 0 Å². The Balaban J connectivity index is 2.23. The quantitative estimate of drug-likeness (QED) is 0.745. The normalized spacial score (nSPS) is 12.0. The minimum Gasteiger partial charge on any atom is -0.335 e. The van der Waals surface area contributed by atoms with E-state index in [2.05, 4.69) is 4.98 Å². The van der Waals surface area contributed by atoms with Crippen molar-refractivity contribution >= 4 is 40.7 Å². The summed E-state index contributed by atoms with van der Waals surface area (Å²) in [7, 11) is 1.73. The van der Waals surface area contributed by atoms with Crippen molar-refractivity contribution in [3.05, 3.63) is 62.9 Å². The van der Waals surface area contributed by atoms with Gasteiger partial charge in [-0.1, -0.05) is 46.9 Å². The van der Waals surface area contributed by atoms with Crippen LogP contribution in [-0.4, -0.2) is 22.8 Å². The first-order valence-corrected chi connectivity index (χ1v) is 7.37. The van der Waals surface area contributed by atoms with Gasteiger partial charge in [0.1, 0.15) is 10.3 Å². The molecule has 1 aromatic carbocycles. The molecular weight excluding hydrogens is 331 g/mol. The first-order valence-electron chi connectivity index (χ1n) is 6.24. The maximum absolute atomic E-state index is 12.5. The van der Waals surface area contributed by atoms with Gasteiger partial charge < -0.3 is 4.90 Å². The smallest absolute Gasteiger partial charge is 0.254 e. The number of halogens is 3. The van der Waals surface area contributed by atoms with Gasteiger partial charge in [-0.3, -0.25) is 4.79 Å². The van der Waals surface area contributed by atoms with Crippen molar-refractivity contribution < 1.29 is 4.79 Å². The molecule has 1 amide bonds. The second-order valence-electron chi connectivity index (χ2n) is 4.64. The fourth-order valence-corrected chi connectivity index (χ4v) is 2.52. The van der Waals surface area contributed by atoms with Gasteiger partial charge in [-0.15, -0.1) is 0 Å². The third kappa shape index (κ3) is 3.88. The number of hydrogen-bond acceptors (Lipinski definition) is 2. The molecule has 1 aromatic heterocycles. The molecule has 0 aliphatic rings. The number of carbonyl (C=O) groups excluding carboxylic acids is 1. The van der Waals surface area contributed by atoms with Crippen molar-refractivity contribution in [3.63, 3.8) is 0 Å². The third-order valence-electron chi connectivity index (χ3n) is 3.26. The van der Waals surface area contributed by atoms with E-state index in [-0.39, 0.29) is 22.3 Å². The molecule has 1 atom stereocenters. The Kier molecular flexibility index (Phi) is 5.09. The Morgan fingerprint density at radius 3 is 2.14 bits per heavy atom. The van der Waals surface area contributed by atoms with Crippen LogP contribution in [0.25, 0.3) is 0 Å². The van der Waals surface area contributed by atoms with Gasteiger partial charge in [0.2, 0.25) is 0 Å². The van der Waals surface area contributed by atoms with Gasteiger partial charge in [0, 0.05) is 17.6 Å². The van der Waals surface area contributed by atoms with Gasteiger partial charge in [-0.05, 0) is 36.8 Å². The molecule has 1 heterocycles. The highest BCUT2D eigenvalue weighted by Gasteiger charge is 2.20. The maximum atomic E-state index is 12.5. The SMILES string of the molecule is CC(c1ccc(Cl)cc1)N(C)C(=O)c1cc(Cl)nc(Cl)c1. The number of rotatable bonds is 3. The van der Waals surface area contributed by atoms with E-state index in [1.54, 1.807) is 24.1 Å². The van der Waals surface area contributed by atoms with Gasteiger partial charge >= 0.3 is 0 Å². The number of amides is 1. The van der Waals surface area contributed by atoms with Crippen LogP contribution in [-0.2, 0) is 0 Å². The zero-order chi connectivity index (χ0) is 15.6. The van der Waals surface area contributed by atoms with E-state index in [1.807, 2.05) is 19.1 Å². The van der Waals surface area contributed by atoms with Crippen LogP contribution in [0.2, 0.25) is 15.3 Å². The Labute approximate surface area is 138 Å². The van der Waals surface area contributed by atoms with Crippen LogP contribution < -0.4 is 0 Å². The van der Waals surface area contributed by atoms with Crippen molar-refractivity contribution in [2.24, 2.45) is 0 Å². The predicted molar refractivity (Wildman–Crippen MR) is 86.2 cm³/mol. The number of carbonyl (C=O) groups is 1. The lowest BCUT2D eigenvalue weighted by molar-refractivity contribution is 0.0742. The fourth-order valence-electron chi connectivity index (χ4n) is 1.93. The Bertz CT molecular complexity index is 638. The van der Waals surface area contributed by atoms with Crippen LogP contribution in [0.3, 0.4) is 0 Å². The van der Waals surface area contributed by atoms with Crippen molar-refractivity contribution in [3.8, 4) is 0 Å². The fraction of sp³-hybridized carbons (Fsp3) is 0.200. The first kappa shape index (κ1) is 16.1. The zero-order valence-electron chi connectivity index (χ0n) is 11.5. The monoisotopic (exact) mass is 342 g/mol. The van der Waals surface area contributed by atoms with Crippen molar-refractivity contribution in [1.29, 1.82) is 0 Å². The Morgan fingerprint density at radius 1 is 1.10 bits per heavy atom. The summed E-state index contributed by atoms with van der Waals surface area (Å²) in [6, 6.07) is 10.3. The third-order valence-corrected chi connectivity index (χ3v) is 3.90. The van der Waals surface area contributed by atoms with Gasteiger partial charge in [0.15, 0.2) is 0 Å². The largest absolute Gasteiger partial charge is 0.335 e. The summed E-state index contributed by atoms with van der Waals surface area (Å²) in [6.45, 7) is 1.94. The molecule has 0 saturated heterocycles. The Morgan fingerprint density at radius 2 is 1.62 bits per heavy atom. The first-order chi connectivity index (χ1) is 9.88. The molecule has 0 saturated carbocycles. The van der Waals surface area contributed by atoms with Gasteiger partial charge in [0.25, 0.3) is 5.91 Å². The number of nitrogens with zero attached hydrogens (tertiary/aromatic N) is 2. The summed E-state index contributed by atoms with van der Waals surface area (Å²) < 4.78 is 0. The lowest BCUT2D eigenvalue weighted by atomic mass is 10.1. The molecular formula is C15H13Cl3N2O. The molecule has 0 aliphatic carbocycles.